The van der Waals surface area contributed by atoms with Crippen molar-refractivity contribution in [2.24, 2.45) is 5.92 Å². The fourth-order valence-electron chi connectivity index (χ4n) is 7.05. The molecule has 0 bridgehead atoms. The van der Waals surface area contributed by atoms with Gasteiger partial charge in [-0.15, -0.1) is 0 Å². The zero-order valence-corrected chi connectivity index (χ0v) is 30.2. The van der Waals surface area contributed by atoms with Crippen LogP contribution in [0.25, 0.3) is 11.0 Å². The summed E-state index contributed by atoms with van der Waals surface area (Å²) in [4.78, 5) is 82.7. The first-order valence-corrected chi connectivity index (χ1v) is 17.7. The molecule has 2 fully saturated rings. The Morgan fingerprint density at radius 2 is 1.69 bits per heavy atom. The van der Waals surface area contributed by atoms with E-state index < -0.39 is 72.4 Å². The lowest BCUT2D eigenvalue weighted by atomic mass is 10.00. The van der Waals surface area contributed by atoms with Gasteiger partial charge in [-0.1, -0.05) is 50.2 Å². The van der Waals surface area contributed by atoms with Gasteiger partial charge in [-0.25, -0.2) is 0 Å². The largest absolute Gasteiger partial charge is 0.464 e. The maximum atomic E-state index is 14.0. The molecule has 0 radical (unpaired) electrons. The van der Waals surface area contributed by atoms with Gasteiger partial charge in [0.25, 0.3) is 0 Å². The van der Waals surface area contributed by atoms with Crippen molar-refractivity contribution in [1.29, 1.82) is 0 Å². The van der Waals surface area contributed by atoms with Crippen molar-refractivity contribution in [2.75, 3.05) is 13.2 Å². The van der Waals surface area contributed by atoms with Crippen LogP contribution >= 0.6 is 0 Å². The van der Waals surface area contributed by atoms with Gasteiger partial charge in [0.15, 0.2) is 0 Å². The molecular formula is C38H48N6O8. The average Bonchev–Trinajstić information content (AvgIpc) is 3.70. The number of rotatable bonds is 7. The van der Waals surface area contributed by atoms with Crippen LogP contribution in [-0.2, 0) is 35.2 Å². The quantitative estimate of drug-likeness (QED) is 0.211. The maximum Gasteiger partial charge on any atom is 0.248 e. The van der Waals surface area contributed by atoms with Crippen LogP contribution in [0.15, 0.2) is 53.1 Å². The van der Waals surface area contributed by atoms with Crippen LogP contribution in [0.3, 0.4) is 0 Å². The van der Waals surface area contributed by atoms with Crippen LogP contribution in [0, 0.1) is 19.8 Å². The van der Waals surface area contributed by atoms with E-state index in [1.807, 2.05) is 39.8 Å². The van der Waals surface area contributed by atoms with Crippen molar-refractivity contribution in [3.63, 3.8) is 0 Å². The van der Waals surface area contributed by atoms with E-state index >= 15 is 0 Å². The number of fused-ring (bicyclic) bond motifs is 2. The molecule has 6 amide bonds. The van der Waals surface area contributed by atoms with Gasteiger partial charge >= 0.3 is 0 Å². The molecule has 0 spiro atoms. The third kappa shape index (κ3) is 8.97. The maximum absolute atomic E-state index is 14.0. The minimum absolute atomic E-state index is 0.00369. The summed E-state index contributed by atoms with van der Waals surface area (Å²) in [5.41, 5.74) is 4.02. The molecule has 6 N–H and O–H groups in total. The summed E-state index contributed by atoms with van der Waals surface area (Å²) in [6.07, 6.45) is 1.60. The molecule has 2 saturated heterocycles. The fourth-order valence-corrected chi connectivity index (χ4v) is 7.05. The van der Waals surface area contributed by atoms with Gasteiger partial charge in [0.1, 0.15) is 29.8 Å². The zero-order chi connectivity index (χ0) is 37.7. The zero-order valence-electron chi connectivity index (χ0n) is 30.2. The van der Waals surface area contributed by atoms with Gasteiger partial charge < -0.3 is 41.0 Å². The SMILES string of the molecule is Cc1cc(C)c2c(CC(=O)N[C@H]3C[C@H]4C(=O)N[C@@H](C)C(=O)N[C@H](c5ccccc5)CC(=O)N[C@@H](CC(C)C)C(=O)N[C@@H](CO)C(=O)N4C3)coc2c1. The summed E-state index contributed by atoms with van der Waals surface area (Å²) < 4.78 is 5.71. The molecule has 2 aliphatic heterocycles. The van der Waals surface area contributed by atoms with E-state index in [2.05, 4.69) is 26.6 Å². The van der Waals surface area contributed by atoms with Crippen LogP contribution in [0.1, 0.15) is 68.3 Å². The Morgan fingerprint density at radius 3 is 2.38 bits per heavy atom. The number of amides is 6. The van der Waals surface area contributed by atoms with Crippen molar-refractivity contribution in [2.45, 2.75) is 96.6 Å². The Balaban J connectivity index is 1.41. The highest BCUT2D eigenvalue weighted by atomic mass is 16.3. The number of furan rings is 1. The average molecular weight is 717 g/mol. The second-order valence-corrected chi connectivity index (χ2v) is 14.3. The van der Waals surface area contributed by atoms with Crippen LogP contribution in [0.5, 0.6) is 0 Å². The molecule has 52 heavy (non-hydrogen) atoms. The third-order valence-electron chi connectivity index (χ3n) is 9.51. The molecular weight excluding hydrogens is 668 g/mol. The Morgan fingerprint density at radius 1 is 0.962 bits per heavy atom. The van der Waals surface area contributed by atoms with Gasteiger partial charge in [0.05, 0.1) is 31.8 Å². The number of carbonyl (C=O) groups is 6. The fraction of sp³-hybridized carbons (Fsp3) is 0.474. The van der Waals surface area contributed by atoms with Crippen molar-refractivity contribution >= 4 is 46.4 Å². The van der Waals surface area contributed by atoms with Crippen molar-refractivity contribution in [1.82, 2.24) is 31.5 Å². The number of carbonyl (C=O) groups excluding carboxylic acids is 6. The Bertz CT molecular complexity index is 1820. The molecule has 14 heteroatoms. The standard InChI is InChI=1S/C38H48N6O8/c1-20(2)11-28-36(49)43-29(18-45)38(51)44-17-26(40-32(46)14-25-19-52-31-13-21(3)12-22(4)34(25)31)15-30(44)37(50)39-23(5)35(48)42-27(16-33(47)41-28)24-9-7-6-8-10-24/h6-10,12-13,19-20,23,26-30,45H,11,14-18H2,1-5H3,(H,39,50)(H,40,46)(H,41,47)(H,42,48)(H,43,49)/t23-,26-,27-,28-,29-,30-/m0/s1. The van der Waals surface area contributed by atoms with Crippen molar-refractivity contribution in [3.05, 3.63) is 71.0 Å². The lowest BCUT2D eigenvalue weighted by molar-refractivity contribution is -0.143. The van der Waals surface area contributed by atoms with Gasteiger partial charge in [0, 0.05) is 23.5 Å². The van der Waals surface area contributed by atoms with Gasteiger partial charge in [0.2, 0.25) is 35.4 Å². The van der Waals surface area contributed by atoms with E-state index in [0.717, 1.165) is 16.5 Å². The molecule has 6 atom stereocenters. The number of benzene rings is 2. The van der Waals surface area contributed by atoms with Gasteiger partial charge in [-0.3, -0.25) is 28.8 Å². The highest BCUT2D eigenvalue weighted by molar-refractivity contribution is 5.97. The summed E-state index contributed by atoms with van der Waals surface area (Å²) in [5.74, 6) is -3.54. The van der Waals surface area contributed by atoms with Crippen LogP contribution < -0.4 is 26.6 Å². The molecule has 5 rings (SSSR count). The van der Waals surface area contributed by atoms with E-state index in [1.54, 1.807) is 36.6 Å². The Hall–Kier alpha value is -5.24. The Kier molecular flexibility index (Phi) is 12.0. The normalized spacial score (nSPS) is 25.0. The molecule has 0 saturated carbocycles. The molecule has 3 heterocycles. The van der Waals surface area contributed by atoms with E-state index in [0.29, 0.717) is 16.7 Å². The summed E-state index contributed by atoms with van der Waals surface area (Å²) in [6, 6.07) is 6.63. The first-order chi connectivity index (χ1) is 24.7. The van der Waals surface area contributed by atoms with E-state index in [1.165, 1.54) is 11.8 Å². The van der Waals surface area contributed by atoms with Gasteiger partial charge in [-0.2, -0.15) is 0 Å². The minimum Gasteiger partial charge on any atom is -0.464 e. The van der Waals surface area contributed by atoms with Crippen LogP contribution in [0.2, 0.25) is 0 Å². The second-order valence-electron chi connectivity index (χ2n) is 14.3. The van der Waals surface area contributed by atoms with Crippen molar-refractivity contribution < 1.29 is 38.3 Å². The third-order valence-corrected chi connectivity index (χ3v) is 9.51. The number of aliphatic hydroxyl groups is 1. The van der Waals surface area contributed by atoms with E-state index in [-0.39, 0.29) is 44.1 Å². The molecule has 0 aliphatic carbocycles. The molecule has 14 nitrogen and oxygen atoms in total. The first-order valence-electron chi connectivity index (χ1n) is 17.7. The highest BCUT2D eigenvalue weighted by Crippen LogP contribution is 2.27. The number of hydrogen-bond donors (Lipinski definition) is 6. The lowest BCUT2D eigenvalue weighted by Gasteiger charge is -2.30. The molecule has 2 aromatic carbocycles. The summed E-state index contributed by atoms with van der Waals surface area (Å²) in [7, 11) is 0. The minimum atomic E-state index is -1.45. The monoisotopic (exact) mass is 716 g/mol. The molecule has 278 valence electrons. The van der Waals surface area contributed by atoms with E-state index in [9.17, 15) is 33.9 Å². The number of nitrogens with one attached hydrogen (secondary N) is 5. The number of nitrogens with zero attached hydrogens (tertiary/aromatic N) is 1. The highest BCUT2D eigenvalue weighted by Gasteiger charge is 2.43. The molecule has 3 aromatic rings. The topological polar surface area (TPSA) is 199 Å². The van der Waals surface area contributed by atoms with Gasteiger partial charge in [-0.05, 0) is 62.3 Å². The number of hydrogen-bond acceptors (Lipinski definition) is 8. The summed E-state index contributed by atoms with van der Waals surface area (Å²) in [5, 5.41) is 24.9. The predicted octanol–water partition coefficient (Wildman–Crippen LogP) is 1.45. The number of aliphatic hydroxyl groups excluding tert-OH is 1. The molecule has 2 aliphatic rings. The molecule has 1 aromatic heterocycles. The van der Waals surface area contributed by atoms with Crippen molar-refractivity contribution in [3.8, 4) is 0 Å². The number of aryl methyl sites for hydroxylation is 2. The van der Waals surface area contributed by atoms with Crippen LogP contribution in [-0.4, -0.2) is 88.8 Å². The van der Waals surface area contributed by atoms with Crippen LogP contribution in [0.4, 0.5) is 0 Å². The molecule has 0 unspecified atom stereocenters. The second kappa shape index (κ2) is 16.4. The summed E-state index contributed by atoms with van der Waals surface area (Å²) >= 11 is 0. The first kappa shape index (κ1) is 38.0. The Labute approximate surface area is 302 Å². The predicted molar refractivity (Wildman–Crippen MR) is 191 cm³/mol. The summed E-state index contributed by atoms with van der Waals surface area (Å²) in [6.45, 7) is 8.27. The smallest absolute Gasteiger partial charge is 0.248 e. The van der Waals surface area contributed by atoms with E-state index in [4.69, 9.17) is 4.42 Å². The lowest BCUT2D eigenvalue weighted by Crippen LogP contribution is -2.59.